The average molecular weight is 286 g/mol. The van der Waals surface area contributed by atoms with Crippen molar-refractivity contribution in [2.24, 2.45) is 5.73 Å². The molecule has 0 aliphatic heterocycles. The summed E-state index contributed by atoms with van der Waals surface area (Å²) < 4.78 is 5.02. The number of hydrogen-bond acceptors (Lipinski definition) is 3. The maximum Gasteiger partial charge on any atom is 0.323 e. The molecule has 0 saturated heterocycles. The van der Waals surface area contributed by atoms with Gasteiger partial charge in [-0.15, -0.1) is 0 Å². The Morgan fingerprint density at radius 3 is 2.69 bits per heavy atom. The van der Waals surface area contributed by atoms with Crippen LogP contribution in [0.25, 0.3) is 0 Å². The summed E-state index contributed by atoms with van der Waals surface area (Å²) in [5, 5.41) is 0.828. The third-order valence-electron chi connectivity index (χ3n) is 2.12. The van der Waals surface area contributed by atoms with E-state index in [4.69, 9.17) is 10.5 Å². The van der Waals surface area contributed by atoms with Crippen molar-refractivity contribution in [1.29, 1.82) is 0 Å². The minimum atomic E-state index is -0.572. The van der Waals surface area contributed by atoms with E-state index in [1.807, 2.05) is 30.3 Å². The summed E-state index contributed by atoms with van der Waals surface area (Å²) in [6, 6.07) is 9.12. The Morgan fingerprint density at radius 2 is 2.06 bits per heavy atom. The van der Waals surface area contributed by atoms with Gasteiger partial charge in [-0.2, -0.15) is 0 Å². The summed E-state index contributed by atoms with van der Waals surface area (Å²) in [6.07, 6.45) is 1.33. The van der Waals surface area contributed by atoms with E-state index in [1.54, 1.807) is 0 Å². The molecule has 1 rings (SSSR count). The van der Waals surface area contributed by atoms with Crippen LogP contribution in [0.1, 0.15) is 12.0 Å². The van der Waals surface area contributed by atoms with Crippen LogP contribution in [-0.2, 0) is 16.0 Å². The smallest absolute Gasteiger partial charge is 0.323 e. The highest BCUT2D eigenvalue weighted by Gasteiger charge is 2.14. The highest BCUT2D eigenvalue weighted by molar-refractivity contribution is 9.09. The van der Waals surface area contributed by atoms with Gasteiger partial charge in [-0.25, -0.2) is 0 Å². The van der Waals surface area contributed by atoms with E-state index in [9.17, 15) is 4.79 Å². The molecule has 1 aromatic rings. The lowest BCUT2D eigenvalue weighted by Crippen LogP contribution is -2.34. The maximum absolute atomic E-state index is 11.5. The monoisotopic (exact) mass is 285 g/mol. The molecule has 1 aromatic carbocycles. The van der Waals surface area contributed by atoms with Gasteiger partial charge in [0.2, 0.25) is 0 Å². The summed E-state index contributed by atoms with van der Waals surface area (Å²) in [7, 11) is 0. The van der Waals surface area contributed by atoms with Crippen LogP contribution < -0.4 is 5.73 Å². The van der Waals surface area contributed by atoms with Crippen LogP contribution in [-0.4, -0.2) is 23.9 Å². The lowest BCUT2D eigenvalue weighted by Gasteiger charge is -2.11. The van der Waals surface area contributed by atoms with Gasteiger partial charge in [0.1, 0.15) is 6.04 Å². The van der Waals surface area contributed by atoms with Crippen LogP contribution in [0.15, 0.2) is 30.3 Å². The van der Waals surface area contributed by atoms with Gasteiger partial charge in [0.15, 0.2) is 0 Å². The number of alkyl halides is 1. The number of nitrogens with two attached hydrogens (primary N) is 1. The first-order chi connectivity index (χ1) is 7.74. The maximum atomic E-state index is 11.5. The molecule has 1 atom stereocenters. The first-order valence-electron chi connectivity index (χ1n) is 5.26. The summed E-state index contributed by atoms with van der Waals surface area (Å²) in [6.45, 7) is 0.423. The van der Waals surface area contributed by atoms with Gasteiger partial charge >= 0.3 is 5.97 Å². The van der Waals surface area contributed by atoms with Crippen LogP contribution in [0.2, 0.25) is 0 Å². The van der Waals surface area contributed by atoms with Crippen molar-refractivity contribution in [3.63, 3.8) is 0 Å². The molecule has 88 valence electrons. The Balaban J connectivity index is 2.34. The SMILES string of the molecule is NC(Cc1ccccc1)C(=O)OCCCBr. The first-order valence-corrected chi connectivity index (χ1v) is 6.38. The van der Waals surface area contributed by atoms with Crippen LogP contribution in [0.4, 0.5) is 0 Å². The molecular formula is C12H16BrNO2. The molecule has 0 aromatic heterocycles. The van der Waals surface area contributed by atoms with Crippen molar-refractivity contribution in [3.05, 3.63) is 35.9 Å². The van der Waals surface area contributed by atoms with Crippen molar-refractivity contribution in [1.82, 2.24) is 0 Å². The fourth-order valence-electron chi connectivity index (χ4n) is 1.29. The minimum Gasteiger partial charge on any atom is -0.464 e. The second-order valence-electron chi connectivity index (χ2n) is 3.51. The van der Waals surface area contributed by atoms with Gasteiger partial charge in [0.05, 0.1) is 6.61 Å². The molecule has 1 unspecified atom stereocenters. The van der Waals surface area contributed by atoms with Crippen molar-refractivity contribution >= 4 is 21.9 Å². The second-order valence-corrected chi connectivity index (χ2v) is 4.30. The Labute approximate surface area is 104 Å². The van der Waals surface area contributed by atoms with Crippen LogP contribution in [0, 0.1) is 0 Å². The topological polar surface area (TPSA) is 52.3 Å². The molecule has 0 saturated carbocycles. The largest absolute Gasteiger partial charge is 0.464 e. The normalized spacial score (nSPS) is 12.1. The van der Waals surface area contributed by atoms with E-state index in [2.05, 4.69) is 15.9 Å². The van der Waals surface area contributed by atoms with Gasteiger partial charge in [0.25, 0.3) is 0 Å². The van der Waals surface area contributed by atoms with Gasteiger partial charge in [-0.3, -0.25) is 4.79 Å². The van der Waals surface area contributed by atoms with E-state index in [0.29, 0.717) is 13.0 Å². The van der Waals surface area contributed by atoms with E-state index < -0.39 is 6.04 Å². The third kappa shape index (κ3) is 4.77. The number of esters is 1. The Hall–Kier alpha value is -0.870. The third-order valence-corrected chi connectivity index (χ3v) is 2.68. The van der Waals surface area contributed by atoms with Crippen LogP contribution in [0.3, 0.4) is 0 Å². The van der Waals surface area contributed by atoms with Crippen LogP contribution in [0.5, 0.6) is 0 Å². The second kappa shape index (κ2) is 7.41. The number of halogens is 1. The lowest BCUT2D eigenvalue weighted by atomic mass is 10.1. The number of benzene rings is 1. The molecule has 2 N–H and O–H groups in total. The number of carbonyl (C=O) groups is 1. The standard InChI is InChI=1S/C12H16BrNO2/c13-7-4-8-16-12(15)11(14)9-10-5-2-1-3-6-10/h1-3,5-6,11H,4,7-9,14H2. The zero-order valence-corrected chi connectivity index (χ0v) is 10.7. The first kappa shape index (κ1) is 13.2. The predicted octanol–water partition coefficient (Wildman–Crippen LogP) is 1.88. The minimum absolute atomic E-state index is 0.329. The molecular weight excluding hydrogens is 270 g/mol. The summed E-state index contributed by atoms with van der Waals surface area (Å²) in [5.41, 5.74) is 6.79. The molecule has 0 aliphatic carbocycles. The van der Waals surface area contributed by atoms with Gasteiger partial charge < -0.3 is 10.5 Å². The molecule has 4 heteroatoms. The zero-order chi connectivity index (χ0) is 11.8. The van der Waals surface area contributed by atoms with E-state index in [0.717, 1.165) is 17.3 Å². The Kier molecular flexibility index (Phi) is 6.11. The molecule has 0 bridgehead atoms. The Morgan fingerprint density at radius 1 is 1.38 bits per heavy atom. The quantitative estimate of drug-likeness (QED) is 0.493. The highest BCUT2D eigenvalue weighted by atomic mass is 79.9. The summed E-state index contributed by atoms with van der Waals surface area (Å²) in [5.74, 6) is -0.329. The van der Waals surface area contributed by atoms with Gasteiger partial charge in [0, 0.05) is 5.33 Å². The number of ether oxygens (including phenoxy) is 1. The van der Waals surface area contributed by atoms with Crippen molar-refractivity contribution in [2.75, 3.05) is 11.9 Å². The molecule has 16 heavy (non-hydrogen) atoms. The lowest BCUT2D eigenvalue weighted by molar-refractivity contribution is -0.145. The average Bonchev–Trinajstić information content (AvgIpc) is 2.30. The van der Waals surface area contributed by atoms with Gasteiger partial charge in [-0.1, -0.05) is 46.3 Å². The number of carbonyl (C=O) groups excluding carboxylic acids is 1. The summed E-state index contributed by atoms with van der Waals surface area (Å²) in [4.78, 5) is 11.5. The molecule has 0 heterocycles. The van der Waals surface area contributed by atoms with E-state index in [-0.39, 0.29) is 5.97 Å². The molecule has 0 amide bonds. The fraction of sp³-hybridized carbons (Fsp3) is 0.417. The molecule has 3 nitrogen and oxygen atoms in total. The highest BCUT2D eigenvalue weighted by Crippen LogP contribution is 2.03. The molecule has 0 spiro atoms. The number of rotatable bonds is 6. The predicted molar refractivity (Wildman–Crippen MR) is 67.5 cm³/mol. The number of hydrogen-bond donors (Lipinski definition) is 1. The van der Waals surface area contributed by atoms with Crippen molar-refractivity contribution in [2.45, 2.75) is 18.9 Å². The summed E-state index contributed by atoms with van der Waals surface area (Å²) >= 11 is 3.27. The van der Waals surface area contributed by atoms with Crippen molar-refractivity contribution in [3.8, 4) is 0 Å². The fourth-order valence-corrected chi connectivity index (χ4v) is 1.51. The van der Waals surface area contributed by atoms with Crippen LogP contribution >= 0.6 is 15.9 Å². The molecule has 0 fully saturated rings. The van der Waals surface area contributed by atoms with Gasteiger partial charge in [-0.05, 0) is 18.4 Å². The van der Waals surface area contributed by atoms with E-state index in [1.165, 1.54) is 0 Å². The Bertz CT molecular complexity index is 316. The zero-order valence-electron chi connectivity index (χ0n) is 9.06. The van der Waals surface area contributed by atoms with E-state index >= 15 is 0 Å². The molecule has 0 radical (unpaired) electrons. The molecule has 0 aliphatic rings. The van der Waals surface area contributed by atoms with Crippen molar-refractivity contribution < 1.29 is 9.53 Å².